The minimum atomic E-state index is 0.324. The van der Waals surface area contributed by atoms with Crippen molar-refractivity contribution in [2.75, 3.05) is 12.0 Å². The predicted octanol–water partition coefficient (Wildman–Crippen LogP) is 2.88. The number of aromatic nitrogens is 3. The van der Waals surface area contributed by atoms with Gasteiger partial charge in [0, 0.05) is 11.6 Å². The highest BCUT2D eigenvalue weighted by Crippen LogP contribution is 2.27. The van der Waals surface area contributed by atoms with Gasteiger partial charge in [-0.1, -0.05) is 29.8 Å². The van der Waals surface area contributed by atoms with Gasteiger partial charge in [-0.2, -0.15) is 14.9 Å². The summed E-state index contributed by atoms with van der Waals surface area (Å²) in [4.78, 5) is 4.45. The Morgan fingerprint density at radius 2 is 2.00 bits per heavy atom. The summed E-state index contributed by atoms with van der Waals surface area (Å²) in [6.07, 6.45) is 1.87. The van der Waals surface area contributed by atoms with Crippen molar-refractivity contribution in [3.05, 3.63) is 41.5 Å². The third-order valence-corrected chi connectivity index (χ3v) is 3.94. The van der Waals surface area contributed by atoms with E-state index in [1.807, 2.05) is 43.5 Å². The number of hydrogen-bond donors (Lipinski definition) is 1. The van der Waals surface area contributed by atoms with Gasteiger partial charge in [0.25, 0.3) is 0 Å². The summed E-state index contributed by atoms with van der Waals surface area (Å²) in [7, 11) is 0. The molecule has 0 atom stereocenters. The summed E-state index contributed by atoms with van der Waals surface area (Å²) in [5, 5.41) is 14.3. The van der Waals surface area contributed by atoms with E-state index < -0.39 is 0 Å². The second-order valence-electron chi connectivity index (χ2n) is 4.66. The maximum Gasteiger partial charge on any atom is 0.159 e. The molecule has 6 heteroatoms. The number of rotatable bonds is 2. The Labute approximate surface area is 126 Å². The molecule has 3 rings (SSSR count). The zero-order chi connectivity index (χ0) is 15.0. The summed E-state index contributed by atoms with van der Waals surface area (Å²) in [5.74, 6) is 0.324. The summed E-state index contributed by atoms with van der Waals surface area (Å²) < 4.78 is 1.52. The van der Waals surface area contributed by atoms with Gasteiger partial charge in [-0.15, -0.1) is 11.8 Å². The Morgan fingerprint density at radius 3 is 2.62 bits per heavy atom. The van der Waals surface area contributed by atoms with Crippen molar-refractivity contribution in [3.63, 3.8) is 0 Å². The lowest BCUT2D eigenvalue weighted by molar-refractivity contribution is 0.924. The van der Waals surface area contributed by atoms with Gasteiger partial charge in [-0.25, -0.2) is 4.98 Å². The second kappa shape index (κ2) is 5.11. The lowest BCUT2D eigenvalue weighted by atomic mass is 10.1. The van der Waals surface area contributed by atoms with Gasteiger partial charge in [0.05, 0.1) is 5.69 Å². The first-order valence-electron chi connectivity index (χ1n) is 6.34. The van der Waals surface area contributed by atoms with Crippen LogP contribution in [0, 0.1) is 18.3 Å². The maximum atomic E-state index is 9.22. The Morgan fingerprint density at radius 1 is 1.29 bits per heavy atom. The molecule has 0 bridgehead atoms. The van der Waals surface area contributed by atoms with E-state index in [-0.39, 0.29) is 0 Å². The van der Waals surface area contributed by atoms with E-state index in [1.165, 1.54) is 21.8 Å². The molecule has 0 saturated heterocycles. The Kier molecular flexibility index (Phi) is 3.28. The highest BCUT2D eigenvalue weighted by molar-refractivity contribution is 7.98. The van der Waals surface area contributed by atoms with Crippen molar-refractivity contribution in [1.29, 1.82) is 5.26 Å². The number of nitrogens with two attached hydrogens (primary N) is 1. The Balaban J connectivity index is 2.23. The van der Waals surface area contributed by atoms with Crippen LogP contribution in [0.15, 0.2) is 35.4 Å². The molecule has 2 N–H and O–H groups in total. The number of anilines is 1. The normalized spacial score (nSPS) is 10.7. The van der Waals surface area contributed by atoms with Gasteiger partial charge < -0.3 is 5.73 Å². The van der Waals surface area contributed by atoms with E-state index >= 15 is 0 Å². The lowest BCUT2D eigenvalue weighted by Crippen LogP contribution is -2.05. The van der Waals surface area contributed by atoms with E-state index in [0.29, 0.717) is 22.1 Å². The monoisotopic (exact) mass is 295 g/mol. The first-order chi connectivity index (χ1) is 10.1. The number of hydrogen-bond acceptors (Lipinski definition) is 5. The Bertz CT molecular complexity index is 858. The van der Waals surface area contributed by atoms with Crippen LogP contribution in [-0.2, 0) is 0 Å². The molecular weight excluding hydrogens is 282 g/mol. The topological polar surface area (TPSA) is 80.0 Å². The van der Waals surface area contributed by atoms with E-state index in [1.54, 1.807) is 0 Å². The molecule has 0 spiro atoms. The highest BCUT2D eigenvalue weighted by atomic mass is 32.2. The molecule has 3 aromatic rings. The summed E-state index contributed by atoms with van der Waals surface area (Å²) in [6, 6.07) is 12.1. The first kappa shape index (κ1) is 13.5. The summed E-state index contributed by atoms with van der Waals surface area (Å²) in [5.41, 5.74) is 10.0. The van der Waals surface area contributed by atoms with Gasteiger partial charge in [0.15, 0.2) is 5.65 Å². The van der Waals surface area contributed by atoms with Crippen molar-refractivity contribution < 1.29 is 0 Å². The average Bonchev–Trinajstić information content (AvgIpc) is 2.92. The average molecular weight is 295 g/mol. The molecule has 0 aliphatic rings. The summed E-state index contributed by atoms with van der Waals surface area (Å²) >= 11 is 1.40. The van der Waals surface area contributed by atoms with Gasteiger partial charge >= 0.3 is 0 Å². The molecule has 0 fully saturated rings. The molecule has 0 radical (unpaired) electrons. The van der Waals surface area contributed by atoms with Crippen LogP contribution in [0.4, 0.5) is 5.82 Å². The van der Waals surface area contributed by atoms with Crippen molar-refractivity contribution in [3.8, 4) is 17.3 Å². The zero-order valence-electron chi connectivity index (χ0n) is 11.7. The van der Waals surface area contributed by atoms with Crippen LogP contribution in [0.2, 0.25) is 0 Å². The van der Waals surface area contributed by atoms with E-state index in [2.05, 4.69) is 16.2 Å². The SMILES string of the molecule is CSc1nc2cc(-c3ccc(C)cc3)nn2c(N)c1C#N. The molecular formula is C15H13N5S. The summed E-state index contributed by atoms with van der Waals surface area (Å²) in [6.45, 7) is 2.04. The van der Waals surface area contributed by atoms with E-state index in [0.717, 1.165) is 11.3 Å². The fourth-order valence-electron chi connectivity index (χ4n) is 2.12. The minimum absolute atomic E-state index is 0.324. The number of nitriles is 1. The molecule has 21 heavy (non-hydrogen) atoms. The van der Waals surface area contributed by atoms with Gasteiger partial charge in [-0.3, -0.25) is 0 Å². The molecule has 0 unspecified atom stereocenters. The third-order valence-electron chi connectivity index (χ3n) is 3.26. The third kappa shape index (κ3) is 2.22. The fraction of sp³-hybridized carbons (Fsp3) is 0.133. The molecule has 5 nitrogen and oxygen atoms in total. The van der Waals surface area contributed by atoms with Crippen LogP contribution >= 0.6 is 11.8 Å². The fourth-order valence-corrected chi connectivity index (χ4v) is 2.66. The molecule has 1 aromatic carbocycles. The number of nitrogen functional groups attached to an aromatic ring is 1. The van der Waals surface area contributed by atoms with E-state index in [4.69, 9.17) is 5.73 Å². The van der Waals surface area contributed by atoms with Gasteiger partial charge in [0.2, 0.25) is 0 Å². The number of aryl methyl sites for hydroxylation is 1. The molecule has 2 aromatic heterocycles. The van der Waals surface area contributed by atoms with Crippen LogP contribution in [0.25, 0.3) is 16.9 Å². The smallest absolute Gasteiger partial charge is 0.159 e. The van der Waals surface area contributed by atoms with Crippen LogP contribution in [0.1, 0.15) is 11.1 Å². The maximum absolute atomic E-state index is 9.22. The van der Waals surface area contributed by atoms with Crippen molar-refractivity contribution in [2.24, 2.45) is 0 Å². The Hall–Kier alpha value is -2.52. The van der Waals surface area contributed by atoms with Gasteiger partial charge in [-0.05, 0) is 13.2 Å². The molecule has 0 amide bonds. The predicted molar refractivity (Wildman–Crippen MR) is 84.1 cm³/mol. The number of fused-ring (bicyclic) bond motifs is 1. The first-order valence-corrected chi connectivity index (χ1v) is 7.57. The molecule has 0 aliphatic carbocycles. The molecule has 104 valence electrons. The molecule has 0 aliphatic heterocycles. The van der Waals surface area contributed by atoms with Crippen LogP contribution in [0.5, 0.6) is 0 Å². The zero-order valence-corrected chi connectivity index (χ0v) is 12.5. The standard InChI is InChI=1S/C15H13N5S/c1-9-3-5-10(6-4-9)12-7-13-18-15(21-2)11(8-16)14(17)20(13)19-12/h3-7H,17H2,1-2H3. The van der Waals surface area contributed by atoms with Crippen molar-refractivity contribution >= 4 is 23.2 Å². The number of benzene rings is 1. The molecule has 0 saturated carbocycles. The van der Waals surface area contributed by atoms with E-state index in [9.17, 15) is 5.26 Å². The highest BCUT2D eigenvalue weighted by Gasteiger charge is 2.15. The van der Waals surface area contributed by atoms with Crippen LogP contribution in [0.3, 0.4) is 0 Å². The second-order valence-corrected chi connectivity index (χ2v) is 5.45. The lowest BCUT2D eigenvalue weighted by Gasteiger charge is -2.04. The quantitative estimate of drug-likeness (QED) is 0.581. The number of nitrogens with zero attached hydrogens (tertiary/aromatic N) is 4. The minimum Gasteiger partial charge on any atom is -0.382 e. The van der Waals surface area contributed by atoms with Crippen LogP contribution in [-0.4, -0.2) is 20.9 Å². The van der Waals surface area contributed by atoms with Crippen molar-refractivity contribution in [2.45, 2.75) is 11.9 Å². The van der Waals surface area contributed by atoms with Crippen molar-refractivity contribution in [1.82, 2.24) is 14.6 Å². The largest absolute Gasteiger partial charge is 0.382 e. The molecule has 2 heterocycles. The van der Waals surface area contributed by atoms with Gasteiger partial charge in [0.1, 0.15) is 22.5 Å². The number of thioether (sulfide) groups is 1. The van der Waals surface area contributed by atoms with Crippen LogP contribution < -0.4 is 5.73 Å².